The van der Waals surface area contributed by atoms with Crippen LogP contribution in [-0.2, 0) is 20.7 Å². The summed E-state index contributed by atoms with van der Waals surface area (Å²) in [6.07, 6.45) is 0.928. The summed E-state index contributed by atoms with van der Waals surface area (Å²) < 4.78 is 4.92. The molecule has 1 aromatic rings. The second-order valence-corrected chi connectivity index (χ2v) is 5.99. The fourth-order valence-corrected chi connectivity index (χ4v) is 2.47. The van der Waals surface area contributed by atoms with Gasteiger partial charge in [0, 0.05) is 18.5 Å². The minimum Gasteiger partial charge on any atom is -0.466 e. The zero-order chi connectivity index (χ0) is 16.6. The SMILES string of the molecule is CCOC(=O)CCN(CC)C(=O)C(C)(C)Cc1ccccc1. The summed E-state index contributed by atoms with van der Waals surface area (Å²) >= 11 is 0. The number of esters is 1. The molecule has 0 atom stereocenters. The van der Waals surface area contributed by atoms with E-state index in [1.54, 1.807) is 11.8 Å². The highest BCUT2D eigenvalue weighted by molar-refractivity contribution is 5.82. The molecule has 0 aliphatic rings. The van der Waals surface area contributed by atoms with Crippen molar-refractivity contribution in [3.8, 4) is 0 Å². The first-order chi connectivity index (χ1) is 10.4. The van der Waals surface area contributed by atoms with E-state index in [2.05, 4.69) is 0 Å². The molecular formula is C18H27NO3. The number of rotatable bonds is 8. The highest BCUT2D eigenvalue weighted by Crippen LogP contribution is 2.24. The summed E-state index contributed by atoms with van der Waals surface area (Å²) in [6, 6.07) is 9.99. The predicted molar refractivity (Wildman–Crippen MR) is 87.4 cm³/mol. The van der Waals surface area contributed by atoms with E-state index in [1.165, 1.54) is 0 Å². The molecule has 0 saturated heterocycles. The molecule has 0 saturated carbocycles. The molecule has 22 heavy (non-hydrogen) atoms. The van der Waals surface area contributed by atoms with Gasteiger partial charge in [0.2, 0.25) is 5.91 Å². The van der Waals surface area contributed by atoms with E-state index in [0.29, 0.717) is 26.1 Å². The lowest BCUT2D eigenvalue weighted by atomic mass is 9.84. The van der Waals surface area contributed by atoms with Crippen molar-refractivity contribution in [2.75, 3.05) is 19.7 Å². The van der Waals surface area contributed by atoms with Crippen molar-refractivity contribution in [2.24, 2.45) is 5.41 Å². The normalized spacial score (nSPS) is 11.1. The molecule has 1 rings (SSSR count). The third-order valence-electron chi connectivity index (χ3n) is 3.63. The van der Waals surface area contributed by atoms with Gasteiger partial charge in [0.15, 0.2) is 0 Å². The Kier molecular flexibility index (Phi) is 7.09. The highest BCUT2D eigenvalue weighted by atomic mass is 16.5. The molecule has 1 amide bonds. The molecular weight excluding hydrogens is 278 g/mol. The third kappa shape index (κ3) is 5.51. The van der Waals surface area contributed by atoms with Gasteiger partial charge in [0.25, 0.3) is 0 Å². The Morgan fingerprint density at radius 1 is 1.14 bits per heavy atom. The topological polar surface area (TPSA) is 46.6 Å². The van der Waals surface area contributed by atoms with Gasteiger partial charge < -0.3 is 9.64 Å². The summed E-state index contributed by atoms with van der Waals surface area (Å²) in [5.41, 5.74) is 0.647. The van der Waals surface area contributed by atoms with E-state index in [0.717, 1.165) is 5.56 Å². The lowest BCUT2D eigenvalue weighted by molar-refractivity contribution is -0.145. The monoisotopic (exact) mass is 305 g/mol. The number of hydrogen-bond donors (Lipinski definition) is 0. The number of hydrogen-bond acceptors (Lipinski definition) is 3. The van der Waals surface area contributed by atoms with Gasteiger partial charge in [-0.25, -0.2) is 0 Å². The van der Waals surface area contributed by atoms with Crippen LogP contribution in [0.25, 0.3) is 0 Å². The summed E-state index contributed by atoms with van der Waals surface area (Å²) in [6.45, 7) is 9.00. The zero-order valence-corrected chi connectivity index (χ0v) is 14.1. The molecule has 4 heteroatoms. The summed E-state index contributed by atoms with van der Waals surface area (Å²) in [7, 11) is 0. The molecule has 1 aromatic carbocycles. The minimum atomic E-state index is -0.494. The van der Waals surface area contributed by atoms with Crippen LogP contribution in [0.2, 0.25) is 0 Å². The second kappa shape index (κ2) is 8.57. The third-order valence-corrected chi connectivity index (χ3v) is 3.63. The Morgan fingerprint density at radius 3 is 2.32 bits per heavy atom. The molecule has 4 nitrogen and oxygen atoms in total. The molecule has 0 N–H and O–H groups in total. The van der Waals surface area contributed by atoms with E-state index >= 15 is 0 Å². The van der Waals surface area contributed by atoms with Gasteiger partial charge in [-0.1, -0.05) is 44.2 Å². The van der Waals surface area contributed by atoms with Crippen LogP contribution < -0.4 is 0 Å². The first kappa shape index (κ1) is 18.2. The second-order valence-electron chi connectivity index (χ2n) is 5.99. The van der Waals surface area contributed by atoms with E-state index in [4.69, 9.17) is 4.74 Å². The van der Waals surface area contributed by atoms with Crippen molar-refractivity contribution in [1.82, 2.24) is 4.90 Å². The number of amides is 1. The van der Waals surface area contributed by atoms with Crippen LogP contribution in [0.3, 0.4) is 0 Å². The van der Waals surface area contributed by atoms with Crippen LogP contribution in [0.4, 0.5) is 0 Å². The van der Waals surface area contributed by atoms with Crippen LogP contribution in [0, 0.1) is 5.41 Å². The van der Waals surface area contributed by atoms with Gasteiger partial charge in [-0.05, 0) is 25.8 Å². The molecule has 0 unspecified atom stereocenters. The standard InChI is InChI=1S/C18H27NO3/c1-5-19(13-12-16(20)22-6-2)17(21)18(3,4)14-15-10-8-7-9-11-15/h7-11H,5-6,12-14H2,1-4H3. The molecule has 0 fully saturated rings. The first-order valence-corrected chi connectivity index (χ1v) is 7.89. The van der Waals surface area contributed by atoms with Gasteiger partial charge in [-0.2, -0.15) is 0 Å². The molecule has 0 aliphatic carbocycles. The summed E-state index contributed by atoms with van der Waals surface area (Å²) in [5, 5.41) is 0. The van der Waals surface area contributed by atoms with Gasteiger partial charge in [0.1, 0.15) is 0 Å². The van der Waals surface area contributed by atoms with Crippen molar-refractivity contribution < 1.29 is 14.3 Å². The van der Waals surface area contributed by atoms with E-state index in [-0.39, 0.29) is 18.3 Å². The molecule has 0 bridgehead atoms. The fraction of sp³-hybridized carbons (Fsp3) is 0.556. The summed E-state index contributed by atoms with van der Waals surface area (Å²) in [4.78, 5) is 25.9. The van der Waals surface area contributed by atoms with Crippen molar-refractivity contribution >= 4 is 11.9 Å². The Morgan fingerprint density at radius 2 is 1.77 bits per heavy atom. The molecule has 0 radical (unpaired) electrons. The van der Waals surface area contributed by atoms with Crippen molar-refractivity contribution in [2.45, 2.75) is 40.5 Å². The van der Waals surface area contributed by atoms with Gasteiger partial charge in [-0.15, -0.1) is 0 Å². The summed E-state index contributed by atoms with van der Waals surface area (Å²) in [5.74, 6) is -0.183. The van der Waals surface area contributed by atoms with E-state index in [9.17, 15) is 9.59 Å². The van der Waals surface area contributed by atoms with Crippen LogP contribution in [0.5, 0.6) is 0 Å². The Balaban J connectivity index is 2.66. The number of ether oxygens (including phenoxy) is 1. The largest absolute Gasteiger partial charge is 0.466 e. The molecule has 0 aliphatic heterocycles. The average Bonchev–Trinajstić information content (AvgIpc) is 2.48. The Labute approximate surface area is 133 Å². The van der Waals surface area contributed by atoms with Crippen LogP contribution in [-0.4, -0.2) is 36.5 Å². The van der Waals surface area contributed by atoms with Crippen molar-refractivity contribution in [1.29, 1.82) is 0 Å². The van der Waals surface area contributed by atoms with Crippen LogP contribution in [0.15, 0.2) is 30.3 Å². The van der Waals surface area contributed by atoms with Gasteiger partial charge in [-0.3, -0.25) is 9.59 Å². The van der Waals surface area contributed by atoms with Crippen molar-refractivity contribution in [3.05, 3.63) is 35.9 Å². The van der Waals surface area contributed by atoms with Gasteiger partial charge in [0.05, 0.1) is 13.0 Å². The number of carbonyl (C=O) groups excluding carboxylic acids is 2. The maximum absolute atomic E-state index is 12.7. The maximum atomic E-state index is 12.7. The lowest BCUT2D eigenvalue weighted by Crippen LogP contribution is -2.43. The molecule has 122 valence electrons. The Hall–Kier alpha value is -1.84. The van der Waals surface area contributed by atoms with Gasteiger partial charge >= 0.3 is 5.97 Å². The molecule has 0 heterocycles. The highest BCUT2D eigenvalue weighted by Gasteiger charge is 2.31. The van der Waals surface area contributed by atoms with E-state index in [1.807, 2.05) is 51.1 Å². The van der Waals surface area contributed by atoms with Crippen molar-refractivity contribution in [3.63, 3.8) is 0 Å². The zero-order valence-electron chi connectivity index (χ0n) is 14.1. The lowest BCUT2D eigenvalue weighted by Gasteiger charge is -2.31. The number of benzene rings is 1. The minimum absolute atomic E-state index is 0.0724. The number of carbonyl (C=O) groups is 2. The predicted octanol–water partition coefficient (Wildman–Crippen LogP) is 3.06. The smallest absolute Gasteiger partial charge is 0.307 e. The van der Waals surface area contributed by atoms with E-state index < -0.39 is 5.41 Å². The maximum Gasteiger partial charge on any atom is 0.307 e. The molecule has 0 spiro atoms. The fourth-order valence-electron chi connectivity index (χ4n) is 2.47. The molecule has 0 aromatic heterocycles. The van der Waals surface area contributed by atoms with Crippen LogP contribution >= 0.6 is 0 Å². The van der Waals surface area contributed by atoms with Crippen LogP contribution in [0.1, 0.15) is 39.7 Å². The Bertz CT molecular complexity index is 482. The quantitative estimate of drug-likeness (QED) is 0.693. The average molecular weight is 305 g/mol. The first-order valence-electron chi connectivity index (χ1n) is 7.89. The number of nitrogens with zero attached hydrogens (tertiary/aromatic N) is 1.